The van der Waals surface area contributed by atoms with Crippen molar-refractivity contribution in [2.24, 2.45) is 13.0 Å². The van der Waals surface area contributed by atoms with E-state index in [0.717, 1.165) is 6.42 Å². The third kappa shape index (κ3) is 4.28. The minimum Gasteiger partial charge on any atom is -0.383 e. The molecule has 0 spiro atoms. The molecular formula is C18H25Cl2N5O3. The van der Waals surface area contributed by atoms with E-state index in [0.29, 0.717) is 13.0 Å². The number of rotatable bonds is 7. The number of aromatic nitrogens is 3. The van der Waals surface area contributed by atoms with Gasteiger partial charge in [0.25, 0.3) is 11.5 Å². The molecule has 0 unspecified atom stereocenters. The topological polar surface area (TPSA) is 106 Å². The highest BCUT2D eigenvalue weighted by Gasteiger charge is 2.28. The number of amides is 1. The van der Waals surface area contributed by atoms with Gasteiger partial charge >= 0.3 is 5.69 Å². The summed E-state index contributed by atoms with van der Waals surface area (Å²) in [5.41, 5.74) is 5.03. The van der Waals surface area contributed by atoms with Crippen molar-refractivity contribution in [1.29, 1.82) is 0 Å². The molecule has 0 radical (unpaired) electrons. The van der Waals surface area contributed by atoms with Crippen LogP contribution >= 0.6 is 23.2 Å². The van der Waals surface area contributed by atoms with Crippen LogP contribution in [-0.2, 0) is 13.6 Å². The molecule has 0 aliphatic rings. The Labute approximate surface area is 172 Å². The summed E-state index contributed by atoms with van der Waals surface area (Å²) in [5.74, 6) is -0.490. The van der Waals surface area contributed by atoms with E-state index >= 15 is 0 Å². The lowest BCUT2D eigenvalue weighted by Crippen LogP contribution is -2.43. The van der Waals surface area contributed by atoms with E-state index < -0.39 is 17.2 Å². The molecule has 0 aliphatic heterocycles. The van der Waals surface area contributed by atoms with E-state index in [4.69, 9.17) is 28.9 Å². The zero-order chi connectivity index (χ0) is 21.2. The highest BCUT2D eigenvalue weighted by Crippen LogP contribution is 2.28. The maximum Gasteiger partial charge on any atom is 0.330 e. The fraction of sp³-hybridized carbons (Fsp3) is 0.500. The van der Waals surface area contributed by atoms with Gasteiger partial charge in [0.05, 0.1) is 5.02 Å². The maximum atomic E-state index is 13.3. The van der Waals surface area contributed by atoms with E-state index in [9.17, 15) is 14.4 Å². The van der Waals surface area contributed by atoms with Crippen LogP contribution < -0.4 is 21.9 Å². The summed E-state index contributed by atoms with van der Waals surface area (Å²) in [6, 6.07) is 1.44. The number of aromatic amines is 1. The monoisotopic (exact) mass is 429 g/mol. The molecule has 0 bridgehead atoms. The van der Waals surface area contributed by atoms with Crippen LogP contribution in [0, 0.1) is 5.92 Å². The molecule has 2 rings (SSSR count). The van der Waals surface area contributed by atoms with Crippen LogP contribution in [0.25, 0.3) is 0 Å². The number of carbonyl (C=O) groups is 1. The van der Waals surface area contributed by atoms with Gasteiger partial charge in [-0.3, -0.25) is 24.0 Å². The second-order valence-corrected chi connectivity index (χ2v) is 7.80. The smallest absolute Gasteiger partial charge is 0.330 e. The molecule has 0 saturated carbocycles. The van der Waals surface area contributed by atoms with Gasteiger partial charge in [0.15, 0.2) is 5.69 Å². The van der Waals surface area contributed by atoms with Gasteiger partial charge < -0.3 is 10.3 Å². The van der Waals surface area contributed by atoms with Crippen molar-refractivity contribution in [2.45, 2.75) is 40.2 Å². The lowest BCUT2D eigenvalue weighted by atomic mass is 10.2. The van der Waals surface area contributed by atoms with Crippen molar-refractivity contribution in [1.82, 2.24) is 14.1 Å². The normalized spacial score (nSPS) is 11.2. The second kappa shape index (κ2) is 8.87. The fourth-order valence-electron chi connectivity index (χ4n) is 2.90. The molecule has 0 fully saturated rings. The number of nitrogens with zero attached hydrogens (tertiary/aromatic N) is 3. The summed E-state index contributed by atoms with van der Waals surface area (Å²) in [6.45, 7) is 6.35. The molecule has 0 saturated heterocycles. The Kier molecular flexibility index (Phi) is 7.01. The quantitative estimate of drug-likeness (QED) is 0.705. The van der Waals surface area contributed by atoms with Crippen LogP contribution in [0.4, 0.5) is 11.5 Å². The molecule has 1 amide bonds. The molecule has 3 N–H and O–H groups in total. The van der Waals surface area contributed by atoms with Crippen molar-refractivity contribution in [2.75, 3.05) is 17.2 Å². The molecule has 28 heavy (non-hydrogen) atoms. The number of H-pyrrole nitrogens is 1. The number of anilines is 2. The van der Waals surface area contributed by atoms with Gasteiger partial charge in [0.1, 0.15) is 16.7 Å². The Morgan fingerprint density at radius 3 is 2.46 bits per heavy atom. The molecule has 2 heterocycles. The van der Waals surface area contributed by atoms with E-state index in [1.807, 2.05) is 20.8 Å². The van der Waals surface area contributed by atoms with E-state index in [1.54, 1.807) is 7.05 Å². The summed E-state index contributed by atoms with van der Waals surface area (Å²) in [7, 11) is 1.60. The van der Waals surface area contributed by atoms with Gasteiger partial charge in [0.2, 0.25) is 0 Å². The minimum atomic E-state index is -0.712. The summed E-state index contributed by atoms with van der Waals surface area (Å²) in [4.78, 5) is 41.6. The molecule has 8 nitrogen and oxygen atoms in total. The Balaban J connectivity index is 2.66. The van der Waals surface area contributed by atoms with E-state index in [1.165, 1.54) is 20.1 Å². The van der Waals surface area contributed by atoms with E-state index in [2.05, 4.69) is 4.98 Å². The highest BCUT2D eigenvalue weighted by molar-refractivity contribution is 6.42. The highest BCUT2D eigenvalue weighted by atomic mass is 35.5. The van der Waals surface area contributed by atoms with Crippen LogP contribution in [-0.4, -0.2) is 26.6 Å². The summed E-state index contributed by atoms with van der Waals surface area (Å²) >= 11 is 12.1. The Bertz CT molecular complexity index is 990. The average molecular weight is 430 g/mol. The number of hydrogen-bond donors (Lipinski definition) is 2. The lowest BCUT2D eigenvalue weighted by molar-refractivity contribution is 0.0975. The Morgan fingerprint density at radius 2 is 1.96 bits per heavy atom. The summed E-state index contributed by atoms with van der Waals surface area (Å²) in [5, 5.41) is 0.441. The molecule has 0 aromatic carbocycles. The SMILES string of the molecule is CCCCn1c(N)c(N(CC(C)C)C(=O)c2cc(Cl)c(Cl)n2C)c(=O)[nH]c1=O. The first-order valence-corrected chi connectivity index (χ1v) is 9.80. The second-order valence-electron chi connectivity index (χ2n) is 7.04. The number of halogens is 2. The first-order valence-electron chi connectivity index (χ1n) is 9.05. The Morgan fingerprint density at radius 1 is 1.32 bits per heavy atom. The molecule has 10 heteroatoms. The third-order valence-electron chi connectivity index (χ3n) is 4.35. The lowest BCUT2D eigenvalue weighted by Gasteiger charge is -2.26. The van der Waals surface area contributed by atoms with E-state index in [-0.39, 0.29) is 39.8 Å². The predicted molar refractivity (Wildman–Crippen MR) is 113 cm³/mol. The van der Waals surface area contributed by atoms with Gasteiger partial charge in [0, 0.05) is 20.1 Å². The molecule has 2 aromatic rings. The van der Waals surface area contributed by atoms with Crippen molar-refractivity contribution < 1.29 is 4.79 Å². The molecule has 0 atom stereocenters. The van der Waals surface area contributed by atoms with Gasteiger partial charge in [-0.05, 0) is 18.4 Å². The first kappa shape index (κ1) is 22.1. The van der Waals surface area contributed by atoms with Crippen LogP contribution in [0.5, 0.6) is 0 Å². The molecule has 0 aliphatic carbocycles. The third-order valence-corrected chi connectivity index (χ3v) is 5.19. The molecule has 154 valence electrons. The zero-order valence-corrected chi connectivity index (χ0v) is 17.9. The van der Waals surface area contributed by atoms with Crippen LogP contribution in [0.3, 0.4) is 0 Å². The Hall–Kier alpha value is -2.19. The number of carbonyl (C=O) groups excluding carboxylic acids is 1. The van der Waals surface area contributed by atoms with Crippen LogP contribution in [0.1, 0.15) is 44.1 Å². The van der Waals surface area contributed by atoms with Gasteiger partial charge in [-0.15, -0.1) is 0 Å². The maximum absolute atomic E-state index is 13.3. The van der Waals surface area contributed by atoms with Gasteiger partial charge in [-0.25, -0.2) is 4.79 Å². The van der Waals surface area contributed by atoms with Gasteiger partial charge in [-0.1, -0.05) is 50.4 Å². The van der Waals surface area contributed by atoms with Crippen LogP contribution in [0.2, 0.25) is 10.2 Å². The number of unbranched alkanes of at least 4 members (excludes halogenated alkanes) is 1. The largest absolute Gasteiger partial charge is 0.383 e. The average Bonchev–Trinajstić information content (AvgIpc) is 2.87. The predicted octanol–water partition coefficient (Wildman–Crippen LogP) is 2.87. The summed E-state index contributed by atoms with van der Waals surface area (Å²) in [6.07, 6.45) is 1.55. The number of nitrogen functional groups attached to an aromatic ring is 1. The minimum absolute atomic E-state index is 0.0324. The summed E-state index contributed by atoms with van der Waals surface area (Å²) < 4.78 is 2.73. The number of nitrogens with two attached hydrogens (primary N) is 1. The fourth-order valence-corrected chi connectivity index (χ4v) is 3.28. The number of hydrogen-bond acceptors (Lipinski definition) is 4. The molecular weight excluding hydrogens is 405 g/mol. The van der Waals surface area contributed by atoms with Gasteiger partial charge in [-0.2, -0.15) is 0 Å². The van der Waals surface area contributed by atoms with Crippen molar-refractivity contribution in [3.8, 4) is 0 Å². The molecule has 2 aromatic heterocycles. The number of nitrogens with one attached hydrogen (secondary N) is 1. The van der Waals surface area contributed by atoms with Crippen molar-refractivity contribution in [3.05, 3.63) is 42.8 Å². The first-order chi connectivity index (χ1) is 13.1. The van der Waals surface area contributed by atoms with Crippen molar-refractivity contribution in [3.63, 3.8) is 0 Å². The zero-order valence-electron chi connectivity index (χ0n) is 16.4. The van der Waals surface area contributed by atoms with Crippen molar-refractivity contribution >= 4 is 40.6 Å². The standard InChI is InChI=1S/C18H25Cl2N5O3/c1-5-6-7-24-15(21)13(16(26)22-18(24)28)25(9-10(2)3)17(27)12-8-11(19)14(20)23(12)4/h8,10H,5-7,9,21H2,1-4H3,(H,22,26,28). The van der Waals surface area contributed by atoms with Crippen LogP contribution in [0.15, 0.2) is 15.7 Å².